The highest BCUT2D eigenvalue weighted by molar-refractivity contribution is 7.98. The molecule has 2 rings (SSSR count). The lowest BCUT2D eigenvalue weighted by atomic mass is 10.1. The van der Waals surface area contributed by atoms with Crippen molar-refractivity contribution >= 4 is 56.6 Å². The van der Waals surface area contributed by atoms with Crippen LogP contribution in [0.1, 0.15) is 12.0 Å². The minimum Gasteiger partial charge on any atom is -0.324 e. The van der Waals surface area contributed by atoms with Crippen molar-refractivity contribution in [1.29, 1.82) is 0 Å². The minimum absolute atomic E-state index is 0.0121. The lowest BCUT2D eigenvalue weighted by Gasteiger charge is -2.19. The molecule has 0 aliphatic heterocycles. The highest BCUT2D eigenvalue weighted by Crippen LogP contribution is 2.25. The Labute approximate surface area is 178 Å². The van der Waals surface area contributed by atoms with Crippen LogP contribution in [0.5, 0.6) is 0 Å². The number of anilines is 1. The van der Waals surface area contributed by atoms with E-state index in [0.29, 0.717) is 11.3 Å². The topological polar surface area (TPSA) is 75.3 Å². The summed E-state index contributed by atoms with van der Waals surface area (Å²) in [5, 5.41) is 2.77. The molecular formula is C18H19Cl2FN2O3S2. The van der Waals surface area contributed by atoms with Crippen LogP contribution in [0.25, 0.3) is 0 Å². The first-order valence-corrected chi connectivity index (χ1v) is 11.8. The highest BCUT2D eigenvalue weighted by Gasteiger charge is 2.27. The van der Waals surface area contributed by atoms with E-state index in [1.54, 1.807) is 6.92 Å². The van der Waals surface area contributed by atoms with Gasteiger partial charge in [0.2, 0.25) is 15.9 Å². The molecule has 2 aromatic rings. The average molecular weight is 465 g/mol. The second kappa shape index (κ2) is 9.93. The van der Waals surface area contributed by atoms with Gasteiger partial charge in [0, 0.05) is 10.7 Å². The van der Waals surface area contributed by atoms with E-state index in [0.717, 1.165) is 0 Å². The van der Waals surface area contributed by atoms with Crippen LogP contribution < -0.4 is 10.0 Å². The number of nitrogens with one attached hydrogen (secondary N) is 2. The summed E-state index contributed by atoms with van der Waals surface area (Å²) in [7, 11) is -4.11. The molecule has 0 bridgehead atoms. The van der Waals surface area contributed by atoms with Gasteiger partial charge >= 0.3 is 0 Å². The van der Waals surface area contributed by atoms with Crippen LogP contribution in [0, 0.1) is 12.7 Å². The van der Waals surface area contributed by atoms with E-state index in [1.165, 1.54) is 48.2 Å². The van der Waals surface area contributed by atoms with Crippen LogP contribution in [-0.2, 0) is 14.8 Å². The third-order valence-electron chi connectivity index (χ3n) is 3.86. The van der Waals surface area contributed by atoms with Crippen molar-refractivity contribution < 1.29 is 17.6 Å². The molecule has 28 heavy (non-hydrogen) atoms. The maximum Gasteiger partial charge on any atom is 0.242 e. The molecule has 152 valence electrons. The van der Waals surface area contributed by atoms with Crippen molar-refractivity contribution in [3.63, 3.8) is 0 Å². The van der Waals surface area contributed by atoms with Gasteiger partial charge in [-0.1, -0.05) is 29.3 Å². The van der Waals surface area contributed by atoms with E-state index in [1.807, 2.05) is 6.26 Å². The van der Waals surface area contributed by atoms with Gasteiger partial charge in [-0.3, -0.25) is 4.79 Å². The van der Waals surface area contributed by atoms with E-state index in [-0.39, 0.29) is 27.0 Å². The standard InChI is InChI=1S/C18H19Cl2FN2O3S2/c1-11-3-5-13(21)10-16(11)22-18(24)15(7-8-27-2)23-28(25,26)17-9-12(19)4-6-14(17)20/h3-6,9-10,15,23H,7-8H2,1-2H3,(H,22,24). The number of hydrogen-bond donors (Lipinski definition) is 2. The van der Waals surface area contributed by atoms with Crippen molar-refractivity contribution in [2.75, 3.05) is 17.3 Å². The fourth-order valence-corrected chi connectivity index (χ4v) is 4.83. The Bertz CT molecular complexity index is 971. The summed E-state index contributed by atoms with van der Waals surface area (Å²) in [6.07, 6.45) is 2.08. The molecule has 10 heteroatoms. The van der Waals surface area contributed by atoms with Crippen LogP contribution in [0.3, 0.4) is 0 Å². The number of amides is 1. The number of aryl methyl sites for hydroxylation is 1. The molecule has 1 amide bonds. The Hall–Kier alpha value is -1.32. The summed E-state index contributed by atoms with van der Waals surface area (Å²) < 4.78 is 41.4. The fourth-order valence-electron chi connectivity index (χ4n) is 2.36. The normalized spacial score (nSPS) is 12.6. The predicted molar refractivity (Wildman–Crippen MR) is 113 cm³/mol. The summed E-state index contributed by atoms with van der Waals surface area (Å²) in [6, 6.07) is 6.96. The fraction of sp³-hybridized carbons (Fsp3) is 0.278. The van der Waals surface area contributed by atoms with E-state index < -0.39 is 27.8 Å². The molecule has 0 saturated carbocycles. The van der Waals surface area contributed by atoms with Gasteiger partial charge in [0.15, 0.2) is 0 Å². The van der Waals surface area contributed by atoms with Gasteiger partial charge in [0.05, 0.1) is 5.02 Å². The molecule has 1 unspecified atom stereocenters. The van der Waals surface area contributed by atoms with Crippen LogP contribution in [0.15, 0.2) is 41.3 Å². The Morgan fingerprint density at radius 1 is 1.21 bits per heavy atom. The van der Waals surface area contributed by atoms with Crippen LogP contribution in [-0.4, -0.2) is 32.4 Å². The number of halogens is 3. The Balaban J connectivity index is 2.28. The summed E-state index contributed by atoms with van der Waals surface area (Å²) >= 11 is 13.3. The van der Waals surface area contributed by atoms with Gasteiger partial charge in [-0.15, -0.1) is 0 Å². The van der Waals surface area contributed by atoms with Gasteiger partial charge in [0.25, 0.3) is 0 Å². The summed E-state index contributed by atoms with van der Waals surface area (Å²) in [5.41, 5.74) is 0.929. The highest BCUT2D eigenvalue weighted by atomic mass is 35.5. The Morgan fingerprint density at radius 2 is 1.93 bits per heavy atom. The van der Waals surface area contributed by atoms with Gasteiger partial charge in [-0.05, 0) is 61.2 Å². The molecule has 0 fully saturated rings. The molecule has 2 aromatic carbocycles. The molecule has 0 saturated heterocycles. The molecule has 0 aromatic heterocycles. The molecule has 0 radical (unpaired) electrons. The molecule has 0 aliphatic carbocycles. The molecule has 2 N–H and O–H groups in total. The predicted octanol–water partition coefficient (Wildman–Crippen LogP) is 4.48. The molecule has 5 nitrogen and oxygen atoms in total. The largest absolute Gasteiger partial charge is 0.324 e. The maximum atomic E-state index is 13.5. The first-order chi connectivity index (χ1) is 13.1. The van der Waals surface area contributed by atoms with Crippen LogP contribution in [0.2, 0.25) is 10.0 Å². The Morgan fingerprint density at radius 3 is 2.61 bits per heavy atom. The third kappa shape index (κ3) is 6.09. The molecule has 0 spiro atoms. The van der Waals surface area contributed by atoms with Crippen LogP contribution in [0.4, 0.5) is 10.1 Å². The number of carbonyl (C=O) groups is 1. The smallest absolute Gasteiger partial charge is 0.242 e. The molecular weight excluding hydrogens is 446 g/mol. The van der Waals surface area contributed by atoms with Crippen LogP contribution >= 0.6 is 35.0 Å². The Kier molecular flexibility index (Phi) is 8.15. The second-order valence-electron chi connectivity index (χ2n) is 5.98. The van der Waals surface area contributed by atoms with Gasteiger partial charge < -0.3 is 5.32 Å². The quantitative estimate of drug-likeness (QED) is 0.603. The lowest BCUT2D eigenvalue weighted by molar-refractivity contribution is -0.117. The van der Waals surface area contributed by atoms with E-state index in [4.69, 9.17) is 23.2 Å². The number of thioether (sulfide) groups is 1. The second-order valence-corrected chi connectivity index (χ2v) is 9.49. The van der Waals surface area contributed by atoms with E-state index in [9.17, 15) is 17.6 Å². The zero-order chi connectivity index (χ0) is 20.9. The van der Waals surface area contributed by atoms with Crippen molar-refractivity contribution in [2.45, 2.75) is 24.3 Å². The number of sulfonamides is 1. The molecule has 1 atom stereocenters. The minimum atomic E-state index is -4.11. The zero-order valence-electron chi connectivity index (χ0n) is 15.1. The summed E-state index contributed by atoms with van der Waals surface area (Å²) in [5.74, 6) is -0.566. The van der Waals surface area contributed by atoms with Crippen molar-refractivity contribution in [3.8, 4) is 0 Å². The SMILES string of the molecule is CSCCC(NS(=O)(=O)c1cc(Cl)ccc1Cl)C(=O)Nc1cc(F)ccc1C. The van der Waals surface area contributed by atoms with Crippen molar-refractivity contribution in [2.24, 2.45) is 0 Å². The number of rotatable bonds is 8. The monoisotopic (exact) mass is 464 g/mol. The number of hydrogen-bond acceptors (Lipinski definition) is 4. The molecule has 0 aliphatic rings. The van der Waals surface area contributed by atoms with Gasteiger partial charge in [-0.25, -0.2) is 12.8 Å². The molecule has 0 heterocycles. The van der Waals surface area contributed by atoms with E-state index in [2.05, 4.69) is 10.0 Å². The van der Waals surface area contributed by atoms with Crippen molar-refractivity contribution in [1.82, 2.24) is 4.72 Å². The summed E-state index contributed by atoms with van der Waals surface area (Å²) in [4.78, 5) is 12.5. The number of benzene rings is 2. The van der Waals surface area contributed by atoms with Gasteiger partial charge in [0.1, 0.15) is 16.8 Å². The first kappa shape index (κ1) is 23.0. The third-order valence-corrected chi connectivity index (χ3v) is 6.70. The van der Waals surface area contributed by atoms with Gasteiger partial charge in [-0.2, -0.15) is 16.5 Å². The zero-order valence-corrected chi connectivity index (χ0v) is 18.3. The number of carbonyl (C=O) groups excluding carboxylic acids is 1. The van der Waals surface area contributed by atoms with E-state index >= 15 is 0 Å². The summed E-state index contributed by atoms with van der Waals surface area (Å²) in [6.45, 7) is 1.71. The maximum absolute atomic E-state index is 13.5. The van der Waals surface area contributed by atoms with Crippen molar-refractivity contribution in [3.05, 3.63) is 57.8 Å². The first-order valence-electron chi connectivity index (χ1n) is 8.17. The lowest BCUT2D eigenvalue weighted by Crippen LogP contribution is -2.44. The average Bonchev–Trinajstić information content (AvgIpc) is 2.63.